The predicted molar refractivity (Wildman–Crippen MR) is 113 cm³/mol. The van der Waals surface area contributed by atoms with Crippen LogP contribution < -0.4 is 15.8 Å². The van der Waals surface area contributed by atoms with Crippen molar-refractivity contribution in [1.82, 2.24) is 19.3 Å². The van der Waals surface area contributed by atoms with Gasteiger partial charge in [0.1, 0.15) is 5.82 Å². The number of hydrogen-bond donors (Lipinski definition) is 1. The minimum atomic E-state index is -0.0508. The van der Waals surface area contributed by atoms with Gasteiger partial charge in [-0.25, -0.2) is 9.67 Å². The Labute approximate surface area is 165 Å². The molecule has 0 bridgehead atoms. The molecule has 7 heteroatoms. The third-order valence-electron chi connectivity index (χ3n) is 5.50. The van der Waals surface area contributed by atoms with Gasteiger partial charge in [0.25, 0.3) is 5.56 Å². The van der Waals surface area contributed by atoms with E-state index < -0.39 is 0 Å². The van der Waals surface area contributed by atoms with Gasteiger partial charge in [0.2, 0.25) is 5.95 Å². The summed E-state index contributed by atoms with van der Waals surface area (Å²) in [4.78, 5) is 19.1. The number of aryl methyl sites for hydroxylation is 1. The van der Waals surface area contributed by atoms with Crippen molar-refractivity contribution in [1.29, 1.82) is 0 Å². The summed E-state index contributed by atoms with van der Waals surface area (Å²) in [5.41, 5.74) is 2.07. The van der Waals surface area contributed by atoms with Crippen molar-refractivity contribution in [3.05, 3.63) is 46.8 Å². The Balaban J connectivity index is 1.55. The quantitative estimate of drug-likeness (QED) is 0.736. The highest BCUT2D eigenvalue weighted by atomic mass is 16.1. The molecule has 3 aromatic rings. The maximum atomic E-state index is 12.1. The largest absolute Gasteiger partial charge is 0.354 e. The summed E-state index contributed by atoms with van der Waals surface area (Å²) in [5.74, 6) is 1.76. The fraction of sp³-hybridized carbons (Fsp3) is 0.476. The lowest BCUT2D eigenvalue weighted by Crippen LogP contribution is -2.45. The zero-order chi connectivity index (χ0) is 19.7. The number of imidazole rings is 1. The van der Waals surface area contributed by atoms with E-state index in [0.717, 1.165) is 48.7 Å². The van der Waals surface area contributed by atoms with E-state index in [-0.39, 0.29) is 11.6 Å². The summed E-state index contributed by atoms with van der Waals surface area (Å²) in [7, 11) is 2.04. The highest BCUT2D eigenvalue weighted by molar-refractivity contribution is 5.78. The van der Waals surface area contributed by atoms with Crippen LogP contribution in [0.3, 0.4) is 0 Å². The first-order valence-corrected chi connectivity index (χ1v) is 10.1. The lowest BCUT2D eigenvalue weighted by Gasteiger charge is -2.37. The van der Waals surface area contributed by atoms with Gasteiger partial charge in [0.05, 0.1) is 17.1 Å². The van der Waals surface area contributed by atoms with Crippen LogP contribution in [-0.4, -0.2) is 38.5 Å². The number of aromatic nitrogens is 4. The molecular formula is C21H28N6O. The standard InChI is InChI=1S/C21H28N6O/c1-15(2)27-20(28)12-11-19(24-27)26-13-7-6-8-16(26)14-22-21-23-17-9-4-5-10-18(17)25(21)3/h4-5,9-12,15-16H,6-8,13-14H2,1-3H3,(H,22,23). The molecule has 1 saturated heterocycles. The van der Waals surface area contributed by atoms with E-state index in [0.29, 0.717) is 6.04 Å². The van der Waals surface area contributed by atoms with Crippen LogP contribution in [-0.2, 0) is 7.05 Å². The summed E-state index contributed by atoms with van der Waals surface area (Å²) in [6.45, 7) is 5.72. The van der Waals surface area contributed by atoms with Crippen molar-refractivity contribution in [2.75, 3.05) is 23.3 Å². The van der Waals surface area contributed by atoms with Crippen LogP contribution in [0.4, 0.5) is 11.8 Å². The number of piperidine rings is 1. The fourth-order valence-corrected chi connectivity index (χ4v) is 3.97. The van der Waals surface area contributed by atoms with Crippen molar-refractivity contribution in [3.63, 3.8) is 0 Å². The van der Waals surface area contributed by atoms with Crippen LogP contribution in [0, 0.1) is 0 Å². The van der Waals surface area contributed by atoms with E-state index in [1.165, 1.54) is 6.42 Å². The molecule has 1 aliphatic rings. The molecule has 3 heterocycles. The smallest absolute Gasteiger partial charge is 0.267 e. The van der Waals surface area contributed by atoms with E-state index in [1.807, 2.05) is 45.2 Å². The third kappa shape index (κ3) is 3.48. The number of rotatable bonds is 5. The number of benzene rings is 1. The molecule has 1 atom stereocenters. The summed E-state index contributed by atoms with van der Waals surface area (Å²) in [5, 5.41) is 8.17. The Morgan fingerprint density at radius 1 is 1.18 bits per heavy atom. The zero-order valence-electron chi connectivity index (χ0n) is 16.8. The summed E-state index contributed by atoms with van der Waals surface area (Å²) in [6.07, 6.45) is 3.44. The Hall–Kier alpha value is -2.83. The van der Waals surface area contributed by atoms with E-state index in [4.69, 9.17) is 4.98 Å². The number of nitrogens with one attached hydrogen (secondary N) is 1. The molecule has 4 rings (SSSR count). The van der Waals surface area contributed by atoms with Crippen LogP contribution >= 0.6 is 0 Å². The van der Waals surface area contributed by atoms with Gasteiger partial charge in [0.15, 0.2) is 0 Å². The molecular weight excluding hydrogens is 352 g/mol. The Morgan fingerprint density at radius 3 is 2.79 bits per heavy atom. The SMILES string of the molecule is CC(C)n1nc(N2CCCCC2CNc2nc3ccccc3n2C)ccc1=O. The monoisotopic (exact) mass is 380 g/mol. The minimum Gasteiger partial charge on any atom is -0.354 e. The first-order valence-electron chi connectivity index (χ1n) is 10.1. The van der Waals surface area contributed by atoms with E-state index in [2.05, 4.69) is 25.9 Å². The molecule has 0 amide bonds. The molecule has 0 aliphatic carbocycles. The molecule has 1 aromatic carbocycles. The maximum Gasteiger partial charge on any atom is 0.267 e. The van der Waals surface area contributed by atoms with Gasteiger partial charge >= 0.3 is 0 Å². The van der Waals surface area contributed by atoms with Crippen molar-refractivity contribution in [2.45, 2.75) is 45.2 Å². The Bertz CT molecular complexity index is 1020. The summed E-state index contributed by atoms with van der Waals surface area (Å²) in [6, 6.07) is 12.0. The van der Waals surface area contributed by atoms with Crippen LogP contribution in [0.2, 0.25) is 0 Å². The molecule has 0 spiro atoms. The normalized spacial score (nSPS) is 17.4. The van der Waals surface area contributed by atoms with Crippen molar-refractivity contribution in [2.24, 2.45) is 7.05 Å². The van der Waals surface area contributed by atoms with Crippen molar-refractivity contribution < 1.29 is 0 Å². The van der Waals surface area contributed by atoms with Gasteiger partial charge in [-0.1, -0.05) is 12.1 Å². The van der Waals surface area contributed by atoms with Gasteiger partial charge in [-0.3, -0.25) is 4.79 Å². The molecule has 7 nitrogen and oxygen atoms in total. The van der Waals surface area contributed by atoms with Crippen LogP contribution in [0.5, 0.6) is 0 Å². The average Bonchev–Trinajstić information content (AvgIpc) is 3.03. The van der Waals surface area contributed by atoms with Gasteiger partial charge in [-0.2, -0.15) is 5.10 Å². The van der Waals surface area contributed by atoms with E-state index in [9.17, 15) is 4.79 Å². The molecule has 28 heavy (non-hydrogen) atoms. The molecule has 0 saturated carbocycles. The number of anilines is 2. The number of hydrogen-bond acceptors (Lipinski definition) is 5. The summed E-state index contributed by atoms with van der Waals surface area (Å²) < 4.78 is 3.67. The number of para-hydroxylation sites is 2. The number of nitrogens with zero attached hydrogens (tertiary/aromatic N) is 5. The maximum absolute atomic E-state index is 12.1. The molecule has 148 valence electrons. The van der Waals surface area contributed by atoms with Crippen molar-refractivity contribution in [3.8, 4) is 0 Å². The first kappa shape index (κ1) is 18.5. The lowest BCUT2D eigenvalue weighted by atomic mass is 10.0. The van der Waals surface area contributed by atoms with E-state index >= 15 is 0 Å². The second-order valence-electron chi connectivity index (χ2n) is 7.78. The van der Waals surface area contributed by atoms with Gasteiger partial charge in [0, 0.05) is 32.2 Å². The molecule has 1 unspecified atom stereocenters. The molecule has 1 N–H and O–H groups in total. The van der Waals surface area contributed by atoms with E-state index in [1.54, 1.807) is 10.7 Å². The first-order chi connectivity index (χ1) is 13.5. The number of fused-ring (bicyclic) bond motifs is 1. The summed E-state index contributed by atoms with van der Waals surface area (Å²) >= 11 is 0. The van der Waals surface area contributed by atoms with Gasteiger partial charge in [-0.15, -0.1) is 0 Å². The highest BCUT2D eigenvalue weighted by Crippen LogP contribution is 2.24. The lowest BCUT2D eigenvalue weighted by molar-refractivity contribution is 0.451. The van der Waals surface area contributed by atoms with Gasteiger partial charge < -0.3 is 14.8 Å². The van der Waals surface area contributed by atoms with Crippen LogP contribution in [0.15, 0.2) is 41.2 Å². The third-order valence-corrected chi connectivity index (χ3v) is 5.50. The predicted octanol–water partition coefficient (Wildman–Crippen LogP) is 3.18. The van der Waals surface area contributed by atoms with Crippen molar-refractivity contribution >= 4 is 22.8 Å². The Kier molecular flexibility index (Phi) is 5.07. The topological polar surface area (TPSA) is 68.0 Å². The molecule has 1 fully saturated rings. The fourth-order valence-electron chi connectivity index (χ4n) is 3.97. The molecule has 0 radical (unpaired) electrons. The molecule has 2 aromatic heterocycles. The molecule has 1 aliphatic heterocycles. The highest BCUT2D eigenvalue weighted by Gasteiger charge is 2.25. The second kappa shape index (κ2) is 7.66. The van der Waals surface area contributed by atoms with Gasteiger partial charge in [-0.05, 0) is 51.3 Å². The minimum absolute atomic E-state index is 0.0498. The Morgan fingerprint density at radius 2 is 2.00 bits per heavy atom. The van der Waals surface area contributed by atoms with Crippen LogP contribution in [0.1, 0.15) is 39.2 Å². The zero-order valence-corrected chi connectivity index (χ0v) is 16.8. The average molecular weight is 380 g/mol. The van der Waals surface area contributed by atoms with Crippen LogP contribution in [0.25, 0.3) is 11.0 Å². The second-order valence-corrected chi connectivity index (χ2v) is 7.78.